The summed E-state index contributed by atoms with van der Waals surface area (Å²) in [4.78, 5) is 0. The molecule has 0 aliphatic carbocycles. The monoisotopic (exact) mass is 501 g/mol. The maximum atomic E-state index is 3.58. The lowest BCUT2D eigenvalue weighted by Gasteiger charge is -2.08. The number of rotatable bonds is 18. The van der Waals surface area contributed by atoms with Crippen LogP contribution in [0, 0.1) is 13.8 Å². The van der Waals surface area contributed by atoms with Crippen LogP contribution in [0.5, 0.6) is 0 Å². The molecule has 164 valence electrons. The van der Waals surface area contributed by atoms with Crippen molar-refractivity contribution in [3.8, 4) is 0 Å². The van der Waals surface area contributed by atoms with Gasteiger partial charge < -0.3 is 5.32 Å². The van der Waals surface area contributed by atoms with Crippen LogP contribution < -0.4 is 5.32 Å². The van der Waals surface area contributed by atoms with E-state index in [1.807, 2.05) is 0 Å². The number of anilines is 1. The van der Waals surface area contributed by atoms with Crippen LogP contribution in [0.1, 0.15) is 121 Å². The lowest BCUT2D eigenvalue weighted by Crippen LogP contribution is -2.01. The van der Waals surface area contributed by atoms with Crippen molar-refractivity contribution < 1.29 is 0 Å². The Morgan fingerprint density at radius 1 is 0.536 bits per heavy atom. The highest BCUT2D eigenvalue weighted by Gasteiger charge is 1.97. The van der Waals surface area contributed by atoms with Gasteiger partial charge in [0.05, 0.1) is 0 Å². The second kappa shape index (κ2) is 20.0. The summed E-state index contributed by atoms with van der Waals surface area (Å²) in [5.74, 6) is 0. The number of benzene rings is 1. The topological polar surface area (TPSA) is 12.0 Å². The van der Waals surface area contributed by atoms with Crippen LogP contribution in [0.15, 0.2) is 18.2 Å². The van der Waals surface area contributed by atoms with Gasteiger partial charge in [-0.1, -0.05) is 109 Å². The molecular weight excluding hydrogens is 453 g/mol. The van der Waals surface area contributed by atoms with Crippen molar-refractivity contribution in [2.45, 2.75) is 124 Å². The molecule has 28 heavy (non-hydrogen) atoms. The second-order valence-corrected chi connectivity index (χ2v) is 8.61. The molecule has 0 atom stereocenters. The van der Waals surface area contributed by atoms with Crippen LogP contribution in [0.25, 0.3) is 0 Å². The van der Waals surface area contributed by atoms with Crippen molar-refractivity contribution in [1.82, 2.24) is 0 Å². The van der Waals surface area contributed by atoms with Crippen LogP contribution in [0.3, 0.4) is 0 Å². The van der Waals surface area contributed by atoms with E-state index < -0.39 is 0 Å². The third-order valence-corrected chi connectivity index (χ3v) is 5.58. The molecular formula is C26H48IN. The van der Waals surface area contributed by atoms with Gasteiger partial charge in [0.1, 0.15) is 0 Å². The summed E-state index contributed by atoms with van der Waals surface area (Å²) in [7, 11) is 0. The molecule has 1 rings (SSSR count). The molecule has 1 nitrogen and oxygen atoms in total. The standard InChI is InChI=1S/C26H47N.HI/c1-4-5-6-7-8-9-10-11-12-13-14-15-16-17-18-19-20-27-26-22-24(2)21-25(3)23-26;/h21-23,27H,4-20H2,1-3H3;1H. The molecule has 0 spiro atoms. The zero-order chi connectivity index (χ0) is 19.6. The third-order valence-electron chi connectivity index (χ3n) is 5.58. The predicted octanol–water partition coefficient (Wildman–Crippen LogP) is 9.59. The van der Waals surface area contributed by atoms with Gasteiger partial charge >= 0.3 is 0 Å². The Bertz CT molecular complexity index is 437. The lowest BCUT2D eigenvalue weighted by molar-refractivity contribution is 0.530. The normalized spacial score (nSPS) is 10.7. The van der Waals surface area contributed by atoms with Crippen LogP contribution >= 0.6 is 24.0 Å². The highest BCUT2D eigenvalue weighted by atomic mass is 127. The van der Waals surface area contributed by atoms with Crippen molar-refractivity contribution in [3.05, 3.63) is 29.3 Å². The lowest BCUT2D eigenvalue weighted by atomic mass is 10.0. The Kier molecular flexibility index (Phi) is 19.9. The van der Waals surface area contributed by atoms with Crippen LogP contribution in [0.4, 0.5) is 5.69 Å². The summed E-state index contributed by atoms with van der Waals surface area (Å²) in [6, 6.07) is 6.73. The molecule has 0 bridgehead atoms. The van der Waals surface area contributed by atoms with Crippen molar-refractivity contribution in [3.63, 3.8) is 0 Å². The van der Waals surface area contributed by atoms with Gasteiger partial charge in [-0.2, -0.15) is 0 Å². The van der Waals surface area contributed by atoms with E-state index in [2.05, 4.69) is 44.3 Å². The molecule has 0 radical (unpaired) electrons. The van der Waals surface area contributed by atoms with Gasteiger partial charge in [0, 0.05) is 12.2 Å². The zero-order valence-corrected chi connectivity index (χ0v) is 21.5. The zero-order valence-electron chi connectivity index (χ0n) is 19.2. The first kappa shape index (κ1) is 27.8. The smallest absolute Gasteiger partial charge is 0.0345 e. The number of aryl methyl sites for hydroxylation is 2. The molecule has 0 aliphatic rings. The number of unbranched alkanes of at least 4 members (excludes halogenated alkanes) is 15. The summed E-state index contributed by atoms with van der Waals surface area (Å²) in [6.07, 6.45) is 22.9. The van der Waals surface area contributed by atoms with Crippen molar-refractivity contribution in [2.75, 3.05) is 11.9 Å². The van der Waals surface area contributed by atoms with E-state index in [1.54, 1.807) is 0 Å². The Morgan fingerprint density at radius 3 is 1.29 bits per heavy atom. The van der Waals surface area contributed by atoms with Gasteiger partial charge in [0.2, 0.25) is 0 Å². The number of nitrogens with one attached hydrogen (secondary N) is 1. The maximum Gasteiger partial charge on any atom is 0.0345 e. The molecule has 1 N–H and O–H groups in total. The Morgan fingerprint density at radius 2 is 0.893 bits per heavy atom. The van der Waals surface area contributed by atoms with E-state index in [1.165, 1.54) is 120 Å². The van der Waals surface area contributed by atoms with E-state index in [9.17, 15) is 0 Å². The second-order valence-electron chi connectivity index (χ2n) is 8.61. The van der Waals surface area contributed by atoms with E-state index >= 15 is 0 Å². The molecule has 0 fully saturated rings. The fourth-order valence-electron chi connectivity index (χ4n) is 3.98. The van der Waals surface area contributed by atoms with Crippen molar-refractivity contribution in [2.24, 2.45) is 0 Å². The molecule has 1 aromatic carbocycles. The van der Waals surface area contributed by atoms with Crippen LogP contribution in [-0.2, 0) is 0 Å². The van der Waals surface area contributed by atoms with Gasteiger partial charge in [-0.05, 0) is 43.5 Å². The number of halogens is 1. The average Bonchev–Trinajstić information content (AvgIpc) is 2.63. The van der Waals surface area contributed by atoms with E-state index in [0.29, 0.717) is 0 Å². The van der Waals surface area contributed by atoms with Gasteiger partial charge in [-0.15, -0.1) is 24.0 Å². The molecule has 0 unspecified atom stereocenters. The summed E-state index contributed by atoms with van der Waals surface area (Å²) < 4.78 is 0. The maximum absolute atomic E-state index is 3.58. The molecule has 0 aliphatic heterocycles. The van der Waals surface area contributed by atoms with Gasteiger partial charge in [0.25, 0.3) is 0 Å². The Hall–Kier alpha value is -0.250. The first-order chi connectivity index (χ1) is 13.2. The fraction of sp³-hybridized carbons (Fsp3) is 0.769. The molecule has 0 amide bonds. The summed E-state index contributed by atoms with van der Waals surface area (Å²) in [6.45, 7) is 7.76. The summed E-state index contributed by atoms with van der Waals surface area (Å²) in [5, 5.41) is 3.58. The third kappa shape index (κ3) is 16.7. The molecule has 2 heteroatoms. The molecule has 0 saturated carbocycles. The highest BCUT2D eigenvalue weighted by Crippen LogP contribution is 2.15. The average molecular weight is 502 g/mol. The summed E-state index contributed by atoms with van der Waals surface area (Å²) >= 11 is 0. The van der Waals surface area contributed by atoms with Crippen molar-refractivity contribution >= 4 is 29.7 Å². The minimum atomic E-state index is 0. The van der Waals surface area contributed by atoms with Crippen molar-refractivity contribution in [1.29, 1.82) is 0 Å². The molecule has 0 heterocycles. The minimum absolute atomic E-state index is 0. The van der Waals surface area contributed by atoms with E-state index in [4.69, 9.17) is 0 Å². The Labute approximate surface area is 193 Å². The number of hydrogen-bond donors (Lipinski definition) is 1. The quantitative estimate of drug-likeness (QED) is 0.156. The fourth-order valence-corrected chi connectivity index (χ4v) is 3.98. The van der Waals surface area contributed by atoms with Gasteiger partial charge in [-0.3, -0.25) is 0 Å². The Balaban J connectivity index is 0.00000729. The summed E-state index contributed by atoms with van der Waals surface area (Å²) in [5.41, 5.74) is 3.99. The van der Waals surface area contributed by atoms with Crippen LogP contribution in [-0.4, -0.2) is 6.54 Å². The van der Waals surface area contributed by atoms with Gasteiger partial charge in [0.15, 0.2) is 0 Å². The minimum Gasteiger partial charge on any atom is -0.385 e. The van der Waals surface area contributed by atoms with E-state index in [-0.39, 0.29) is 24.0 Å². The largest absolute Gasteiger partial charge is 0.385 e. The number of hydrogen-bond acceptors (Lipinski definition) is 1. The van der Waals surface area contributed by atoms with Crippen LogP contribution in [0.2, 0.25) is 0 Å². The van der Waals surface area contributed by atoms with E-state index in [0.717, 1.165) is 6.54 Å². The molecule has 0 aromatic heterocycles. The molecule has 1 aromatic rings. The molecule has 0 saturated heterocycles. The van der Waals surface area contributed by atoms with Gasteiger partial charge in [-0.25, -0.2) is 0 Å². The first-order valence-electron chi connectivity index (χ1n) is 12.0. The highest BCUT2D eigenvalue weighted by molar-refractivity contribution is 14.0. The first-order valence-corrected chi connectivity index (χ1v) is 12.0. The SMILES string of the molecule is CCCCCCCCCCCCCCCCCCNc1cc(C)cc(C)c1.I. The predicted molar refractivity (Wildman–Crippen MR) is 139 cm³/mol.